The molecule has 2 atom stereocenters. The van der Waals surface area contributed by atoms with E-state index in [9.17, 15) is 9.90 Å². The van der Waals surface area contributed by atoms with Crippen molar-refractivity contribution >= 4 is 14.4 Å². The van der Waals surface area contributed by atoms with Crippen LogP contribution >= 0.6 is 0 Å². The molecular formula is C22H43NO4Si. The summed E-state index contributed by atoms with van der Waals surface area (Å²) >= 11 is 0. The molecule has 5 nitrogen and oxygen atoms in total. The zero-order valence-electron chi connectivity index (χ0n) is 19.3. The van der Waals surface area contributed by atoms with Gasteiger partial charge in [0.25, 0.3) is 0 Å². The lowest BCUT2D eigenvalue weighted by atomic mass is 10.1. The number of amides is 1. The Morgan fingerprint density at radius 3 is 2.29 bits per heavy atom. The van der Waals surface area contributed by atoms with E-state index in [4.69, 9.17) is 9.16 Å². The van der Waals surface area contributed by atoms with Gasteiger partial charge in [0.15, 0.2) is 8.32 Å². The van der Waals surface area contributed by atoms with Crippen molar-refractivity contribution in [3.8, 4) is 0 Å². The molecule has 0 aliphatic heterocycles. The number of rotatable bonds is 11. The number of hydrogen-bond donors (Lipinski definition) is 2. The highest BCUT2D eigenvalue weighted by atomic mass is 28.4. The Bertz CT molecular complexity index is 504. The summed E-state index contributed by atoms with van der Waals surface area (Å²) in [7, 11) is -1.90. The first-order chi connectivity index (χ1) is 12.7. The molecule has 0 aromatic carbocycles. The summed E-state index contributed by atoms with van der Waals surface area (Å²) in [5, 5.41) is 12.8. The predicted molar refractivity (Wildman–Crippen MR) is 120 cm³/mol. The van der Waals surface area contributed by atoms with Crippen molar-refractivity contribution in [3.63, 3.8) is 0 Å². The second-order valence-electron chi connectivity index (χ2n) is 9.83. The van der Waals surface area contributed by atoms with Crippen molar-refractivity contribution in [2.75, 3.05) is 6.54 Å². The third kappa shape index (κ3) is 12.4. The lowest BCUT2D eigenvalue weighted by molar-refractivity contribution is 0.0524. The Hall–Kier alpha value is -1.11. The summed E-state index contributed by atoms with van der Waals surface area (Å²) in [6, 6.07) is 0. The lowest BCUT2D eigenvalue weighted by Crippen LogP contribution is -2.44. The first-order valence-corrected chi connectivity index (χ1v) is 13.2. The zero-order chi connectivity index (χ0) is 22.0. The van der Waals surface area contributed by atoms with Gasteiger partial charge >= 0.3 is 6.09 Å². The summed E-state index contributed by atoms with van der Waals surface area (Å²) in [6.45, 7) is 20.9. The molecule has 0 saturated carbocycles. The van der Waals surface area contributed by atoms with Crippen LogP contribution in [0.15, 0.2) is 24.8 Å². The minimum Gasteiger partial charge on any atom is -0.444 e. The zero-order valence-corrected chi connectivity index (χ0v) is 20.3. The van der Waals surface area contributed by atoms with E-state index in [2.05, 4.69) is 45.8 Å². The van der Waals surface area contributed by atoms with Crippen molar-refractivity contribution in [2.45, 2.75) is 103 Å². The third-order valence-corrected chi connectivity index (χ3v) is 9.34. The van der Waals surface area contributed by atoms with Crippen LogP contribution in [0.4, 0.5) is 4.79 Å². The number of nitrogens with one attached hydrogen (secondary N) is 1. The van der Waals surface area contributed by atoms with Gasteiger partial charge in [-0.05, 0) is 64.6 Å². The molecule has 2 N–H and O–H groups in total. The summed E-state index contributed by atoms with van der Waals surface area (Å²) in [5.74, 6) is 0. The minimum absolute atomic E-state index is 0.0634. The van der Waals surface area contributed by atoms with Crippen molar-refractivity contribution in [1.82, 2.24) is 5.32 Å². The fraction of sp³-hybridized carbons (Fsp3) is 0.773. The molecule has 0 bridgehead atoms. The number of alkyl carbamates (subject to hydrolysis) is 1. The van der Waals surface area contributed by atoms with Gasteiger partial charge in [0, 0.05) is 12.6 Å². The molecule has 28 heavy (non-hydrogen) atoms. The Morgan fingerprint density at radius 2 is 1.79 bits per heavy atom. The fourth-order valence-electron chi connectivity index (χ4n) is 2.29. The monoisotopic (exact) mass is 413 g/mol. The second-order valence-corrected chi connectivity index (χ2v) is 14.6. The number of aliphatic hydroxyl groups excluding tert-OH is 1. The molecule has 0 aliphatic carbocycles. The molecule has 0 fully saturated rings. The average Bonchev–Trinajstić information content (AvgIpc) is 2.48. The summed E-state index contributed by atoms with van der Waals surface area (Å²) in [5.41, 5.74) is -0.491. The van der Waals surface area contributed by atoms with Crippen molar-refractivity contribution < 1.29 is 19.1 Å². The van der Waals surface area contributed by atoms with Gasteiger partial charge in [0.05, 0.1) is 6.10 Å². The molecule has 0 radical (unpaired) electrons. The first kappa shape index (κ1) is 26.9. The molecular weight excluding hydrogens is 370 g/mol. The van der Waals surface area contributed by atoms with Gasteiger partial charge in [0.1, 0.15) is 5.60 Å². The molecule has 6 heteroatoms. The topological polar surface area (TPSA) is 67.8 Å². The van der Waals surface area contributed by atoms with E-state index in [1.54, 1.807) is 6.08 Å². The predicted octanol–water partition coefficient (Wildman–Crippen LogP) is 5.57. The van der Waals surface area contributed by atoms with E-state index in [0.717, 1.165) is 19.3 Å². The fourth-order valence-corrected chi connectivity index (χ4v) is 3.69. The minimum atomic E-state index is -1.90. The van der Waals surface area contributed by atoms with Crippen LogP contribution in [0.1, 0.15) is 67.2 Å². The normalized spacial score (nSPS) is 15.3. The maximum atomic E-state index is 11.8. The molecule has 0 unspecified atom stereocenters. The quantitative estimate of drug-likeness (QED) is 0.264. The Balaban J connectivity index is 4.72. The molecule has 0 heterocycles. The highest BCUT2D eigenvalue weighted by molar-refractivity contribution is 6.74. The number of aliphatic hydroxyl groups is 1. The molecule has 1 amide bonds. The number of carbonyl (C=O) groups excluding carboxylic acids is 1. The standard InChI is InChI=1S/C22H43NO4Si/c1-10-13-18(24)14-11-15-19(27-28(8,9)22(5,6)7)16-12-17-23-20(25)26-21(2,3)4/h10-11,14,18-19,24H,1,12-13,15-17H2,2-9H3,(H,23,25)/b14-11+/t18-,19-/m0/s1. The number of hydrogen-bond acceptors (Lipinski definition) is 4. The van der Waals surface area contributed by atoms with E-state index >= 15 is 0 Å². The highest BCUT2D eigenvalue weighted by Gasteiger charge is 2.38. The van der Waals surface area contributed by atoms with Crippen LogP contribution in [-0.4, -0.2) is 43.9 Å². The van der Waals surface area contributed by atoms with E-state index in [1.165, 1.54) is 0 Å². The second kappa shape index (κ2) is 11.8. The lowest BCUT2D eigenvalue weighted by Gasteiger charge is -2.39. The van der Waals surface area contributed by atoms with Crippen molar-refractivity contribution in [1.29, 1.82) is 0 Å². The van der Waals surface area contributed by atoms with Gasteiger partial charge in [0.2, 0.25) is 0 Å². The SMILES string of the molecule is C=CC[C@H](O)/C=C/C[C@@H](CCCNC(=O)OC(C)(C)C)O[Si](C)(C)C(C)(C)C. The first-order valence-electron chi connectivity index (χ1n) is 10.3. The maximum Gasteiger partial charge on any atom is 0.407 e. The van der Waals surface area contributed by atoms with Crippen LogP contribution in [0.2, 0.25) is 18.1 Å². The number of carbonyl (C=O) groups is 1. The van der Waals surface area contributed by atoms with Gasteiger partial charge in [-0.2, -0.15) is 0 Å². The summed E-state index contributed by atoms with van der Waals surface area (Å²) in [4.78, 5) is 11.8. The van der Waals surface area contributed by atoms with Crippen LogP contribution in [-0.2, 0) is 9.16 Å². The number of ether oxygens (including phenoxy) is 1. The molecule has 0 aromatic rings. The average molecular weight is 414 g/mol. The third-order valence-electron chi connectivity index (χ3n) is 4.80. The van der Waals surface area contributed by atoms with Crippen LogP contribution < -0.4 is 5.32 Å². The molecule has 0 saturated heterocycles. The van der Waals surface area contributed by atoms with Crippen LogP contribution in [0.25, 0.3) is 0 Å². The van der Waals surface area contributed by atoms with Gasteiger partial charge in [-0.1, -0.05) is 39.0 Å². The molecule has 0 aliphatic rings. The van der Waals surface area contributed by atoms with E-state index < -0.39 is 20.0 Å². The molecule has 0 spiro atoms. The van der Waals surface area contributed by atoms with Crippen LogP contribution in [0, 0.1) is 0 Å². The Morgan fingerprint density at radius 1 is 1.18 bits per heavy atom. The van der Waals surface area contributed by atoms with Crippen LogP contribution in [0.5, 0.6) is 0 Å². The molecule has 0 rings (SSSR count). The Kier molecular flexibility index (Phi) is 11.3. The van der Waals surface area contributed by atoms with Gasteiger partial charge < -0.3 is 19.6 Å². The van der Waals surface area contributed by atoms with Crippen LogP contribution in [0.3, 0.4) is 0 Å². The summed E-state index contributed by atoms with van der Waals surface area (Å²) in [6.07, 6.45) is 7.62. The van der Waals surface area contributed by atoms with Gasteiger partial charge in [-0.25, -0.2) is 4.79 Å². The van der Waals surface area contributed by atoms with Crippen molar-refractivity contribution in [3.05, 3.63) is 24.8 Å². The molecule has 0 aromatic heterocycles. The van der Waals surface area contributed by atoms with E-state index in [0.29, 0.717) is 13.0 Å². The van der Waals surface area contributed by atoms with E-state index in [-0.39, 0.29) is 17.2 Å². The maximum absolute atomic E-state index is 11.8. The molecule has 164 valence electrons. The van der Waals surface area contributed by atoms with Gasteiger partial charge in [-0.3, -0.25) is 0 Å². The van der Waals surface area contributed by atoms with Crippen molar-refractivity contribution in [2.24, 2.45) is 0 Å². The van der Waals surface area contributed by atoms with Gasteiger partial charge in [-0.15, -0.1) is 6.58 Å². The highest BCUT2D eigenvalue weighted by Crippen LogP contribution is 2.38. The summed E-state index contributed by atoms with van der Waals surface area (Å²) < 4.78 is 11.8. The largest absolute Gasteiger partial charge is 0.444 e. The Labute approximate surface area is 173 Å². The van der Waals surface area contributed by atoms with E-state index in [1.807, 2.05) is 32.9 Å². The smallest absolute Gasteiger partial charge is 0.407 e.